The van der Waals surface area contributed by atoms with Crippen LogP contribution in [0.4, 0.5) is 24.8 Å². The minimum Gasteiger partial charge on any atom is -0.353 e. The van der Waals surface area contributed by atoms with Crippen LogP contribution in [0.3, 0.4) is 0 Å². The van der Waals surface area contributed by atoms with Gasteiger partial charge in [0.15, 0.2) is 0 Å². The second-order valence-corrected chi connectivity index (χ2v) is 128. The predicted molar refractivity (Wildman–Crippen MR) is 631 cm³/mol. The molecule has 2 aromatic heterocycles. The first-order valence-corrected chi connectivity index (χ1v) is 109. The van der Waals surface area contributed by atoms with Gasteiger partial charge in [0.05, 0.1) is 6.54 Å². The summed E-state index contributed by atoms with van der Waals surface area (Å²) < 4.78 is 37.9. The van der Waals surface area contributed by atoms with Gasteiger partial charge in [0.2, 0.25) is 0 Å². The van der Waals surface area contributed by atoms with Gasteiger partial charge >= 0.3 is 6.18 Å². The van der Waals surface area contributed by atoms with Crippen LogP contribution in [0.1, 0.15) is 44.2 Å². The van der Waals surface area contributed by atoms with E-state index in [0.29, 0.717) is 30.7 Å². The van der Waals surface area contributed by atoms with Gasteiger partial charge in [-0.25, -0.2) is 9.97 Å². The van der Waals surface area contributed by atoms with E-state index in [4.69, 9.17) is 28.8 Å². The molecule has 0 spiro atoms. The van der Waals surface area contributed by atoms with Crippen molar-refractivity contribution < 1.29 is 13.2 Å². The van der Waals surface area contributed by atoms with E-state index < -0.39 is 20.8 Å². The summed E-state index contributed by atoms with van der Waals surface area (Å²) in [5, 5.41) is 3.65. The highest BCUT2D eigenvalue weighted by molar-refractivity contribution is 8.83. The lowest BCUT2D eigenvalue weighted by molar-refractivity contribution is -0.153. The number of pyridine rings is 2. The Morgan fingerprint density at radius 1 is 0.400 bits per heavy atom. The lowest BCUT2D eigenvalue weighted by Gasteiger charge is -2.41. The summed E-state index contributed by atoms with van der Waals surface area (Å²) in [6, 6.07) is 9.11. The van der Waals surface area contributed by atoms with Crippen LogP contribution < -0.4 is 15.1 Å². The van der Waals surface area contributed by atoms with Gasteiger partial charge < -0.3 is 15.1 Å². The Bertz CT molecular complexity index is 6210. The molecule has 4 atom stereocenters. The first kappa shape index (κ1) is 112. The fourth-order valence-electron chi connectivity index (χ4n) is 6.85. The average Bonchev–Trinajstić information content (AvgIpc) is 1.68. The van der Waals surface area contributed by atoms with Gasteiger partial charge in [-0.05, 0) is 49.9 Å². The van der Waals surface area contributed by atoms with E-state index in [9.17, 15) is 13.2 Å². The molecule has 1 N–H and O–H groups in total. The third-order valence-electron chi connectivity index (χ3n) is 9.74. The highest BCUT2D eigenvalue weighted by atomic mass is 35.5. The van der Waals surface area contributed by atoms with Crippen LogP contribution in [0.2, 0.25) is 19.6 Å². The van der Waals surface area contributed by atoms with Crippen molar-refractivity contribution in [2.45, 2.75) is 83.1 Å². The van der Waals surface area contributed by atoms with E-state index >= 15 is 0 Å². The van der Waals surface area contributed by atoms with Crippen LogP contribution in [0, 0.1) is 23.8 Å². The fraction of sp³-hybridized carbons (Fsp3) is 0.562. The summed E-state index contributed by atoms with van der Waals surface area (Å²) in [5.41, 5.74) is 5.13. The smallest absolute Gasteiger partial charge is 0.353 e. The summed E-state index contributed by atoms with van der Waals surface area (Å²) >= 11 is 9.64. The van der Waals surface area contributed by atoms with E-state index in [1.54, 1.807) is 118 Å². The van der Waals surface area contributed by atoms with Crippen LogP contribution in [-0.4, -0.2) is 86.0 Å². The van der Waals surface area contributed by atoms with Crippen molar-refractivity contribution in [1.82, 2.24) is 20.2 Å². The van der Waals surface area contributed by atoms with E-state index in [2.05, 4.69) is 74.2 Å². The number of terminal acetylenes is 1. The summed E-state index contributed by atoms with van der Waals surface area (Å²) in [6.07, 6.45) is 8.96. The zero-order chi connectivity index (χ0) is 73.6. The molecule has 0 saturated carbocycles. The third-order valence-corrected chi connectivity index (χ3v) is 142. The number of aromatic nitrogens is 2. The van der Waals surface area contributed by atoms with Crippen molar-refractivity contribution in [3.8, 4) is 23.8 Å². The van der Waals surface area contributed by atoms with Gasteiger partial charge in [-0.15, -0.1) is 24.4 Å². The normalized spacial score (nSPS) is 14.6. The Hall–Kier alpha value is 10.9. The van der Waals surface area contributed by atoms with E-state index in [0.717, 1.165) is 43.1 Å². The first-order valence-electron chi connectivity index (χ1n) is 24.6. The number of hydrogen-bond donors (Lipinski definition) is 1. The minimum absolute atomic E-state index is 0. The minimum atomic E-state index is -4.13. The molecule has 0 aliphatic carbocycles. The highest BCUT2D eigenvalue weighted by Crippen LogP contribution is 2.34. The Balaban J connectivity index is 0.000000689. The number of anilines is 2. The molecule has 2 aromatic rings. The maximum atomic E-state index is 12.6. The Morgan fingerprint density at radius 3 is 0.848 bits per heavy atom. The second kappa shape index (κ2) is 79.5. The number of rotatable bonds is 3. The van der Waals surface area contributed by atoms with Crippen LogP contribution in [0.5, 0.6) is 0 Å². The fourth-order valence-corrected chi connectivity index (χ4v) is 167. The molecule has 6 nitrogen and oxygen atoms in total. The molecule has 4 saturated heterocycles. The van der Waals surface area contributed by atoms with Crippen molar-refractivity contribution in [2.75, 3.05) is 42.5 Å². The molecule has 606 valence electrons. The van der Waals surface area contributed by atoms with Gasteiger partial charge in [-0.1, -0.05) is 38.9 Å². The topological polar surface area (TPSA) is 47.5 Å². The number of nitrogens with one attached hydrogen (secondary N) is 1. The molecule has 4 bridgehead atoms. The van der Waals surface area contributed by atoms with Crippen LogP contribution in [0.25, 0.3) is 0 Å². The quantitative estimate of drug-likeness (QED) is 0.323. The molecule has 4 aliphatic rings. The van der Waals surface area contributed by atoms with Crippen molar-refractivity contribution in [2.24, 2.45) is 0 Å². The van der Waals surface area contributed by atoms with Crippen molar-refractivity contribution in [1.29, 1.82) is 0 Å². The number of nitrogens with zero attached hydrogens (tertiary/aromatic N) is 5. The maximum Gasteiger partial charge on any atom is 0.401 e. The van der Waals surface area contributed by atoms with Crippen molar-refractivity contribution in [3.63, 3.8) is 0 Å². The highest BCUT2D eigenvalue weighted by Gasteiger charge is 2.45. The Labute approximate surface area is 798 Å². The van der Waals surface area contributed by atoms with Crippen LogP contribution in [0.15, 0.2) is 36.7 Å². The molecular formula is C32H44ClF3N6S62Si. The molecule has 6 rings (SSSR count). The van der Waals surface area contributed by atoms with Gasteiger partial charge in [-0.3, -0.25) is 4.90 Å². The zero-order valence-corrected chi connectivity index (χ0v) is 102. The number of halogens is 4. The SMILES string of the molecule is C.C#Cc1ccc(N2CC3CCC(C2)N3CC(F)(F)F)nc1.C[Si](C)(C)C#Cc1ccc(N2CC3CCC(C2)N3)nc1.Cl.S=S=S=S=S=S=S=S=S=S=S=S=S=S=S=S=S=S=S=S=S=S=S=S=S=S=S=S=S=S=S=S=S=S=S=S=S=S=S=S=S=S=S=S=S=S=S=S=S=S=S=S=S=S=S=S=S=S=S=S=S=S. The number of fused-ring (bicyclic) bond motifs is 4. The van der Waals surface area contributed by atoms with E-state index in [1.165, 1.54) is 30.6 Å². The summed E-state index contributed by atoms with van der Waals surface area (Å²) in [5.74, 6) is 7.66. The molecule has 0 radical (unpaired) electrons. The zero-order valence-electron chi connectivity index (χ0n) is 49.8. The molecule has 0 aromatic carbocycles. The Kier molecular flexibility index (Phi) is 84.8. The maximum absolute atomic E-state index is 12.6. The van der Waals surface area contributed by atoms with Gasteiger partial charge in [0.25, 0.3) is 0 Å². The number of alkyl halides is 3. The molecule has 105 heavy (non-hydrogen) atoms. The largest absolute Gasteiger partial charge is 0.401 e. The second-order valence-electron chi connectivity index (χ2n) is 16.7. The van der Waals surface area contributed by atoms with E-state index in [1.807, 2.05) is 427 Å². The third kappa shape index (κ3) is 66.0. The predicted octanol–water partition coefficient (Wildman–Crippen LogP) is 5.44. The van der Waals surface area contributed by atoms with Gasteiger partial charge in [0.1, 0.15) is 19.7 Å². The Morgan fingerprint density at radius 2 is 0.638 bits per heavy atom. The molecule has 4 unspecified atom stereocenters. The lowest BCUT2D eigenvalue weighted by Crippen LogP contribution is -2.56. The standard InChI is InChI=1S/C16H23N3Si.C15H16F3N3.CH4.ClH.S62/c1-20(2,3)9-8-13-4-7-16(17-10-13)19-11-14-5-6-15(12-19)18-14;1-2-11-3-6-14(19-7-11)20-8-12-4-5-13(9-20)21(12)10-15(16,17)18;;;1-3-5-7-9-11-13-15-17-19-21-23-25-27-29-31-33-35-37-39-41-43-45-47-49-51-53-55-57-59-61-62-60-58-56-54-52-50-48-46-44-42-40-38-36-34-32-30-28-26-24-22-20-18-16-14-12-10-8-6-4-2/h4,7,10,14-15,18H,5-6,11-12H2,1-3H3;1,3,6-7,12-13H,4-5,8-10H2;1H4;1H;. The number of piperazine rings is 2. The summed E-state index contributed by atoms with van der Waals surface area (Å²) in [7, 11) is 106. The summed E-state index contributed by atoms with van der Waals surface area (Å²) in [6.45, 7) is 9.34. The molecule has 4 fully saturated rings. The molecule has 6 heterocycles. The monoisotopic (exact) mass is 2610 g/mol. The van der Waals surface area contributed by atoms with Crippen LogP contribution in [-0.2, 0) is 555 Å². The van der Waals surface area contributed by atoms with E-state index in [-0.39, 0.29) is 31.9 Å². The van der Waals surface area contributed by atoms with Crippen LogP contribution >= 0.6 is 12.4 Å². The number of hydrogen-bond acceptors (Lipinski definition) is 8. The molecule has 73 heteroatoms. The first-order chi connectivity index (χ1) is 50.4. The lowest BCUT2D eigenvalue weighted by atomic mass is 10.2. The average molecular weight is 2620 g/mol. The van der Waals surface area contributed by atoms with Crippen molar-refractivity contribution in [3.05, 3.63) is 47.8 Å². The molecule has 4 aliphatic heterocycles. The molecular weight excluding hydrogens is 2580 g/mol. The summed E-state index contributed by atoms with van der Waals surface area (Å²) in [4.78, 5) is 15.0. The van der Waals surface area contributed by atoms with Gasteiger partial charge in [-0.2, -0.15) is 13.2 Å². The molecule has 0 amide bonds. The van der Waals surface area contributed by atoms with Crippen molar-refractivity contribution >= 4 is 587 Å². The van der Waals surface area contributed by atoms with Gasteiger partial charge in [0, 0.05) is 629 Å².